The monoisotopic (exact) mass is 598 g/mol. The largest absolute Gasteiger partial charge is 0.456 e. The standard InChI is InChI=1S/C28H34N4O7SSi/c1-16(33)23-21-11-19(22-14-40-26-20(29-15-30(22)26)13-39-41(5,6)28(2,3)4)24(31(21)25(23)34)27(35)38-12-17-7-9-18(10-8-17)32(36)37/h7-10,14-16,21,23,33H,11-13H2,1-6H3/t16-,21-,23-/m1/s1. The fraction of sp³-hybridized carbons (Fsp3) is 0.464. The number of carbonyl (C=O) groups excluding carboxylic acids is 2. The van der Waals surface area contributed by atoms with Crippen LogP contribution in [0.15, 0.2) is 41.7 Å². The summed E-state index contributed by atoms with van der Waals surface area (Å²) in [6, 6.07) is 5.40. The third-order valence-corrected chi connectivity index (χ3v) is 13.9. The lowest BCUT2D eigenvalue weighted by Gasteiger charge is -2.44. The summed E-state index contributed by atoms with van der Waals surface area (Å²) in [4.78, 5) is 43.9. The number of aliphatic hydroxyl groups excluding tert-OH is 1. The van der Waals surface area contributed by atoms with Crippen molar-refractivity contribution in [2.75, 3.05) is 0 Å². The number of nitro benzene ring substituents is 1. The van der Waals surface area contributed by atoms with Gasteiger partial charge in [0.1, 0.15) is 29.2 Å². The lowest BCUT2D eigenvalue weighted by atomic mass is 9.83. The number of rotatable bonds is 9. The maximum atomic E-state index is 13.5. The van der Waals surface area contributed by atoms with Crippen molar-refractivity contribution in [3.63, 3.8) is 0 Å². The second-order valence-corrected chi connectivity index (χ2v) is 17.8. The van der Waals surface area contributed by atoms with Crippen molar-refractivity contribution in [1.29, 1.82) is 0 Å². The number of imidazole rings is 1. The molecule has 1 saturated heterocycles. The molecule has 13 heteroatoms. The number of ether oxygens (including phenoxy) is 1. The molecule has 0 saturated carbocycles. The van der Waals surface area contributed by atoms with E-state index in [0.29, 0.717) is 24.2 Å². The highest BCUT2D eigenvalue weighted by atomic mass is 32.1. The molecule has 0 spiro atoms. The molecule has 1 aromatic carbocycles. The van der Waals surface area contributed by atoms with Crippen LogP contribution in [0.4, 0.5) is 5.69 Å². The Balaban J connectivity index is 1.44. The van der Waals surface area contributed by atoms with E-state index in [1.807, 2.05) is 9.78 Å². The van der Waals surface area contributed by atoms with Gasteiger partial charge in [-0.25, -0.2) is 9.78 Å². The van der Waals surface area contributed by atoms with Gasteiger partial charge in [0.2, 0.25) is 5.91 Å². The van der Waals surface area contributed by atoms with Gasteiger partial charge in [-0.15, -0.1) is 11.3 Å². The smallest absolute Gasteiger partial charge is 0.355 e. The summed E-state index contributed by atoms with van der Waals surface area (Å²) in [5.74, 6) is -1.59. The summed E-state index contributed by atoms with van der Waals surface area (Å²) in [7, 11) is -1.99. The van der Waals surface area contributed by atoms with Crippen LogP contribution in [-0.2, 0) is 32.0 Å². The van der Waals surface area contributed by atoms with Gasteiger partial charge >= 0.3 is 5.97 Å². The minimum atomic E-state index is -1.99. The Morgan fingerprint density at radius 3 is 2.56 bits per heavy atom. The fourth-order valence-corrected chi connectivity index (χ4v) is 6.96. The summed E-state index contributed by atoms with van der Waals surface area (Å²) in [5.41, 5.74) is 2.89. The van der Waals surface area contributed by atoms with E-state index in [4.69, 9.17) is 9.16 Å². The van der Waals surface area contributed by atoms with Crippen molar-refractivity contribution < 1.29 is 28.8 Å². The first-order valence-corrected chi connectivity index (χ1v) is 17.2. The molecule has 2 aromatic heterocycles. The number of hydrogen-bond acceptors (Lipinski definition) is 9. The Bertz CT molecular complexity index is 1550. The first-order chi connectivity index (χ1) is 19.2. The Kier molecular flexibility index (Phi) is 7.43. The fourth-order valence-electron chi connectivity index (χ4n) is 5.04. The van der Waals surface area contributed by atoms with E-state index in [0.717, 1.165) is 16.2 Å². The molecule has 218 valence electrons. The average molecular weight is 599 g/mol. The van der Waals surface area contributed by atoms with E-state index in [2.05, 4.69) is 38.8 Å². The van der Waals surface area contributed by atoms with E-state index in [9.17, 15) is 24.8 Å². The van der Waals surface area contributed by atoms with E-state index in [1.165, 1.54) is 40.5 Å². The van der Waals surface area contributed by atoms with Gasteiger partial charge in [0, 0.05) is 23.1 Å². The molecule has 11 nitrogen and oxygen atoms in total. The number of β-lactam (4-membered cyclic amide) rings is 1. The van der Waals surface area contributed by atoms with Crippen molar-refractivity contribution >= 4 is 47.6 Å². The summed E-state index contributed by atoms with van der Waals surface area (Å²) >= 11 is 1.49. The van der Waals surface area contributed by atoms with Gasteiger partial charge in [-0.2, -0.15) is 0 Å². The zero-order valence-electron chi connectivity index (χ0n) is 23.9. The molecule has 5 rings (SSSR count). The lowest BCUT2D eigenvalue weighted by Crippen LogP contribution is -2.61. The van der Waals surface area contributed by atoms with Crippen LogP contribution in [0.25, 0.3) is 10.4 Å². The number of thiazole rings is 1. The van der Waals surface area contributed by atoms with Crippen LogP contribution in [-0.4, -0.2) is 56.7 Å². The number of benzene rings is 1. The van der Waals surface area contributed by atoms with Crippen molar-refractivity contribution in [2.24, 2.45) is 5.92 Å². The number of nitro groups is 1. The van der Waals surface area contributed by atoms with Crippen LogP contribution >= 0.6 is 11.3 Å². The van der Waals surface area contributed by atoms with E-state index >= 15 is 0 Å². The SMILES string of the molecule is C[C@@H](O)[C@H]1C(=O)N2C(C(=O)OCc3ccc([N+](=O)[O-])cc3)=C(c3csc4c(CO[Si](C)(C)C(C)(C)C)ncn34)C[C@H]12. The minimum absolute atomic E-state index is 0.0602. The van der Waals surface area contributed by atoms with Gasteiger partial charge in [-0.3, -0.25) is 19.3 Å². The van der Waals surface area contributed by atoms with Gasteiger partial charge in [0.05, 0.1) is 35.3 Å². The Hall–Kier alpha value is -3.39. The Morgan fingerprint density at radius 2 is 1.95 bits per heavy atom. The molecule has 0 bridgehead atoms. The van der Waals surface area contributed by atoms with Crippen LogP contribution in [0.2, 0.25) is 18.1 Å². The highest BCUT2D eigenvalue weighted by molar-refractivity contribution is 7.16. The van der Waals surface area contributed by atoms with Gasteiger partial charge < -0.3 is 19.2 Å². The molecular weight excluding hydrogens is 564 g/mol. The molecule has 4 heterocycles. The lowest BCUT2D eigenvalue weighted by molar-refractivity contribution is -0.384. The third-order valence-electron chi connectivity index (χ3n) is 8.46. The number of aromatic nitrogens is 2. The highest BCUT2D eigenvalue weighted by Crippen LogP contribution is 2.48. The second-order valence-electron chi connectivity index (χ2n) is 12.1. The van der Waals surface area contributed by atoms with Crippen LogP contribution in [0.1, 0.15) is 51.1 Å². The average Bonchev–Trinajstić information content (AvgIpc) is 3.57. The molecule has 2 aliphatic heterocycles. The minimum Gasteiger partial charge on any atom is -0.456 e. The van der Waals surface area contributed by atoms with Gasteiger partial charge in [0.15, 0.2) is 8.32 Å². The van der Waals surface area contributed by atoms with Crippen LogP contribution in [0.3, 0.4) is 0 Å². The summed E-state index contributed by atoms with van der Waals surface area (Å²) < 4.78 is 13.9. The van der Waals surface area contributed by atoms with Crippen molar-refractivity contribution in [3.05, 3.63) is 68.7 Å². The molecule has 2 aliphatic rings. The molecule has 0 unspecified atom stereocenters. The zero-order chi connectivity index (χ0) is 29.9. The predicted molar refractivity (Wildman–Crippen MR) is 155 cm³/mol. The number of hydrogen-bond donors (Lipinski definition) is 1. The molecule has 1 amide bonds. The van der Waals surface area contributed by atoms with Gasteiger partial charge in [-0.05, 0) is 49.2 Å². The number of non-ortho nitro benzene ring substituents is 1. The number of amides is 1. The van der Waals surface area contributed by atoms with E-state index in [1.54, 1.807) is 13.3 Å². The van der Waals surface area contributed by atoms with Gasteiger partial charge in [0.25, 0.3) is 5.69 Å². The van der Waals surface area contributed by atoms with Crippen LogP contribution in [0.5, 0.6) is 0 Å². The molecule has 1 fully saturated rings. The van der Waals surface area contributed by atoms with Crippen molar-refractivity contribution in [3.8, 4) is 0 Å². The molecule has 0 radical (unpaired) electrons. The number of nitrogens with zero attached hydrogens (tertiary/aromatic N) is 4. The van der Waals surface area contributed by atoms with Crippen molar-refractivity contribution in [2.45, 2.75) is 77.6 Å². The molecule has 3 atom stereocenters. The Morgan fingerprint density at radius 1 is 1.27 bits per heavy atom. The summed E-state index contributed by atoms with van der Waals surface area (Å²) in [6.07, 6.45) is 1.25. The number of carbonyl (C=O) groups is 2. The number of esters is 1. The zero-order valence-corrected chi connectivity index (χ0v) is 25.7. The maximum absolute atomic E-state index is 13.5. The predicted octanol–water partition coefficient (Wildman–Crippen LogP) is 4.89. The first-order valence-electron chi connectivity index (χ1n) is 13.4. The van der Waals surface area contributed by atoms with Gasteiger partial charge in [-0.1, -0.05) is 20.8 Å². The molecule has 0 aliphatic carbocycles. The maximum Gasteiger partial charge on any atom is 0.355 e. The number of aliphatic hydroxyl groups is 1. The number of fused-ring (bicyclic) bond motifs is 2. The molecule has 3 aromatic rings. The topological polar surface area (TPSA) is 137 Å². The normalized spacial score (nSPS) is 19.9. The first kappa shape index (κ1) is 29.1. The van der Waals surface area contributed by atoms with E-state index in [-0.39, 0.29) is 35.0 Å². The molecule has 41 heavy (non-hydrogen) atoms. The van der Waals surface area contributed by atoms with E-state index < -0.39 is 31.2 Å². The van der Waals surface area contributed by atoms with Crippen molar-refractivity contribution in [1.82, 2.24) is 14.3 Å². The quantitative estimate of drug-likeness (QED) is 0.121. The summed E-state index contributed by atoms with van der Waals surface area (Å²) in [6.45, 7) is 12.8. The van der Waals surface area contributed by atoms with Crippen LogP contribution < -0.4 is 0 Å². The van der Waals surface area contributed by atoms with Crippen LogP contribution in [0, 0.1) is 16.0 Å². The highest BCUT2D eigenvalue weighted by Gasteiger charge is 2.57. The third kappa shape index (κ3) is 5.11. The molecule has 1 N–H and O–H groups in total. The summed E-state index contributed by atoms with van der Waals surface area (Å²) in [5, 5.41) is 23.2. The second kappa shape index (κ2) is 10.5. The molecular formula is C28H34N4O7SSi. The Labute approximate surface area is 242 Å².